The Labute approximate surface area is 187 Å². The number of thioether (sulfide) groups is 1. The van der Waals surface area contributed by atoms with Crippen LogP contribution in [0.2, 0.25) is 0 Å². The Morgan fingerprint density at radius 3 is 2.94 bits per heavy atom. The van der Waals surface area contributed by atoms with Crippen LogP contribution in [0.4, 0.5) is 5.69 Å². The van der Waals surface area contributed by atoms with E-state index in [0.29, 0.717) is 17.5 Å². The van der Waals surface area contributed by atoms with E-state index in [0.717, 1.165) is 37.3 Å². The van der Waals surface area contributed by atoms with Gasteiger partial charge in [0.1, 0.15) is 6.10 Å². The summed E-state index contributed by atoms with van der Waals surface area (Å²) in [5, 5.41) is 13.4. The monoisotopic (exact) mass is 430 g/mol. The zero-order chi connectivity index (χ0) is 20.8. The van der Waals surface area contributed by atoms with Crippen molar-refractivity contribution in [3.8, 4) is 6.07 Å². The molecule has 2 aromatic rings. The zero-order valence-corrected chi connectivity index (χ0v) is 18.4. The number of fused-ring (bicyclic) bond motifs is 3. The van der Waals surface area contributed by atoms with Gasteiger partial charge in [-0.05, 0) is 47.9 Å². The van der Waals surface area contributed by atoms with E-state index in [1.165, 1.54) is 35.7 Å². The Kier molecular flexibility index (Phi) is 4.89. The summed E-state index contributed by atoms with van der Waals surface area (Å²) >= 11 is 2.03. The number of benzene rings is 2. The quantitative estimate of drug-likeness (QED) is 0.730. The van der Waals surface area contributed by atoms with E-state index < -0.39 is 0 Å². The molecule has 0 spiro atoms. The Balaban J connectivity index is 1.13. The van der Waals surface area contributed by atoms with Gasteiger partial charge in [0.15, 0.2) is 0 Å². The minimum absolute atomic E-state index is 0.111. The molecule has 3 atom stereocenters. The maximum Gasteiger partial charge on any atom is 0.145 e. The maximum atomic E-state index is 8.99. The fraction of sp³-hybridized carbons (Fsp3) is 0.440. The van der Waals surface area contributed by atoms with E-state index in [-0.39, 0.29) is 6.10 Å². The lowest BCUT2D eigenvalue weighted by Gasteiger charge is -2.39. The summed E-state index contributed by atoms with van der Waals surface area (Å²) in [6, 6.07) is 17.4. The highest BCUT2D eigenvalue weighted by atomic mass is 32.2. The van der Waals surface area contributed by atoms with Crippen LogP contribution in [0.3, 0.4) is 0 Å². The highest BCUT2D eigenvalue weighted by Crippen LogP contribution is 2.50. The van der Waals surface area contributed by atoms with Crippen molar-refractivity contribution in [2.24, 2.45) is 5.16 Å². The third-order valence-electron chi connectivity index (χ3n) is 7.12. The molecule has 4 heterocycles. The van der Waals surface area contributed by atoms with Gasteiger partial charge < -0.3 is 9.74 Å². The number of anilines is 1. The molecule has 1 saturated heterocycles. The first-order valence-corrected chi connectivity index (χ1v) is 12.3. The first-order chi connectivity index (χ1) is 15.3. The molecule has 0 aromatic heterocycles. The minimum atomic E-state index is 0.111. The number of rotatable bonds is 3. The van der Waals surface area contributed by atoms with Crippen LogP contribution in [0.15, 0.2) is 52.5 Å². The van der Waals surface area contributed by atoms with Crippen LogP contribution in [-0.4, -0.2) is 54.7 Å². The van der Waals surface area contributed by atoms with E-state index in [2.05, 4.69) is 39.2 Å². The summed E-state index contributed by atoms with van der Waals surface area (Å²) in [6.07, 6.45) is 3.44. The van der Waals surface area contributed by atoms with Crippen molar-refractivity contribution in [2.75, 3.05) is 36.8 Å². The Morgan fingerprint density at radius 2 is 2.06 bits per heavy atom. The molecule has 1 fully saturated rings. The third kappa shape index (κ3) is 3.40. The molecule has 0 N–H and O–H groups in total. The van der Waals surface area contributed by atoms with Crippen molar-refractivity contribution in [3.05, 3.63) is 59.2 Å². The Morgan fingerprint density at radius 1 is 1.16 bits per heavy atom. The molecule has 0 aliphatic carbocycles. The lowest BCUT2D eigenvalue weighted by molar-refractivity contribution is 0.0429. The molecule has 0 saturated carbocycles. The molecule has 6 heteroatoms. The molecule has 158 valence electrons. The number of nitriles is 1. The highest BCUT2D eigenvalue weighted by molar-refractivity contribution is 7.99. The van der Waals surface area contributed by atoms with E-state index in [4.69, 9.17) is 10.1 Å². The van der Waals surface area contributed by atoms with Crippen LogP contribution >= 0.6 is 11.8 Å². The number of hydrogen-bond donors (Lipinski definition) is 0. The van der Waals surface area contributed by atoms with Crippen molar-refractivity contribution in [1.82, 2.24) is 4.90 Å². The number of likely N-dealkylation sites (tertiary alicyclic amines) is 1. The molecule has 0 amide bonds. The topological polar surface area (TPSA) is 51.9 Å². The van der Waals surface area contributed by atoms with E-state index >= 15 is 0 Å². The highest BCUT2D eigenvalue weighted by Gasteiger charge is 2.43. The number of nitrogens with zero attached hydrogens (tertiary/aromatic N) is 4. The van der Waals surface area contributed by atoms with Crippen LogP contribution in [0.5, 0.6) is 0 Å². The molecule has 31 heavy (non-hydrogen) atoms. The first-order valence-electron chi connectivity index (χ1n) is 11.3. The number of piperidine rings is 1. The van der Waals surface area contributed by atoms with Crippen LogP contribution in [0, 0.1) is 11.3 Å². The standard InChI is InChI=1S/C25H26N4OS/c26-14-17-5-7-18(8-6-17)22-13-19(30-27-22)15-28-11-9-23-21(16-28)20-3-1-4-24-25(20)29(23)10-2-12-31-24/h1,3-8,19,21,23H,2,9-13,15-16H2/t19?,21-,23-/m1/s1. The SMILES string of the molecule is N#Cc1ccc(C2=NOC(CN3CC[C@@H]4[C@H](C3)c3cccc5c3N4CCCS5)C2)cc1. The van der Waals surface area contributed by atoms with Gasteiger partial charge in [0, 0.05) is 49.5 Å². The molecule has 0 radical (unpaired) electrons. The summed E-state index contributed by atoms with van der Waals surface area (Å²) in [4.78, 5) is 12.6. The molecule has 4 aliphatic heterocycles. The van der Waals surface area contributed by atoms with Gasteiger partial charge in [0.05, 0.1) is 23.0 Å². The largest absolute Gasteiger partial charge is 0.390 e. The molecule has 1 unspecified atom stereocenters. The van der Waals surface area contributed by atoms with Crippen molar-refractivity contribution in [3.63, 3.8) is 0 Å². The van der Waals surface area contributed by atoms with Crippen LogP contribution in [0.25, 0.3) is 0 Å². The normalized spacial score (nSPS) is 27.0. The second-order valence-corrected chi connectivity index (χ2v) is 10.1. The Hall–Kier alpha value is -2.49. The predicted molar refractivity (Wildman–Crippen MR) is 124 cm³/mol. The zero-order valence-electron chi connectivity index (χ0n) is 17.5. The molecular weight excluding hydrogens is 404 g/mol. The summed E-state index contributed by atoms with van der Waals surface area (Å²) in [6.45, 7) is 4.36. The van der Waals surface area contributed by atoms with Crippen LogP contribution < -0.4 is 4.90 Å². The summed E-state index contributed by atoms with van der Waals surface area (Å²) in [5.41, 5.74) is 5.81. The second kappa shape index (κ2) is 7.89. The lowest BCUT2D eigenvalue weighted by atomic mass is 9.88. The number of para-hydroxylation sites is 1. The predicted octanol–water partition coefficient (Wildman–Crippen LogP) is 4.23. The van der Waals surface area contributed by atoms with Crippen LogP contribution in [-0.2, 0) is 4.84 Å². The Bertz CT molecular complexity index is 1060. The van der Waals surface area contributed by atoms with Crippen molar-refractivity contribution in [1.29, 1.82) is 5.26 Å². The third-order valence-corrected chi connectivity index (χ3v) is 8.25. The van der Waals surface area contributed by atoms with E-state index in [1.54, 1.807) is 5.56 Å². The van der Waals surface area contributed by atoms with Crippen molar-refractivity contribution < 1.29 is 4.84 Å². The second-order valence-electron chi connectivity index (χ2n) is 8.97. The minimum Gasteiger partial charge on any atom is -0.390 e. The van der Waals surface area contributed by atoms with Crippen molar-refractivity contribution >= 4 is 23.2 Å². The molecular formula is C25H26N4OS. The van der Waals surface area contributed by atoms with Gasteiger partial charge in [-0.3, -0.25) is 4.90 Å². The molecule has 0 bridgehead atoms. The molecule has 2 aromatic carbocycles. The molecule has 4 aliphatic rings. The van der Waals surface area contributed by atoms with Gasteiger partial charge in [-0.25, -0.2) is 0 Å². The average Bonchev–Trinajstić information content (AvgIpc) is 3.32. The number of oxime groups is 1. The van der Waals surface area contributed by atoms with Crippen molar-refractivity contribution in [2.45, 2.75) is 42.2 Å². The molecule has 6 rings (SSSR count). The summed E-state index contributed by atoms with van der Waals surface area (Å²) in [7, 11) is 0. The molecule has 5 nitrogen and oxygen atoms in total. The summed E-state index contributed by atoms with van der Waals surface area (Å²) < 4.78 is 0. The maximum absolute atomic E-state index is 8.99. The van der Waals surface area contributed by atoms with Gasteiger partial charge in [-0.15, -0.1) is 11.8 Å². The van der Waals surface area contributed by atoms with E-state index in [1.807, 2.05) is 36.0 Å². The van der Waals surface area contributed by atoms with Gasteiger partial charge in [0.25, 0.3) is 0 Å². The van der Waals surface area contributed by atoms with Gasteiger partial charge in [-0.1, -0.05) is 29.4 Å². The van der Waals surface area contributed by atoms with Gasteiger partial charge in [-0.2, -0.15) is 5.26 Å². The first kappa shape index (κ1) is 19.2. The van der Waals surface area contributed by atoms with Crippen LogP contribution in [0.1, 0.15) is 41.9 Å². The van der Waals surface area contributed by atoms with Gasteiger partial charge in [0.2, 0.25) is 0 Å². The summed E-state index contributed by atoms with van der Waals surface area (Å²) in [5.74, 6) is 1.83. The lowest BCUT2D eigenvalue weighted by Crippen LogP contribution is -2.48. The fourth-order valence-corrected chi connectivity index (χ4v) is 6.74. The number of hydrogen-bond acceptors (Lipinski definition) is 6. The van der Waals surface area contributed by atoms with Gasteiger partial charge >= 0.3 is 0 Å². The fourth-order valence-electron chi connectivity index (χ4n) is 5.70. The van der Waals surface area contributed by atoms with E-state index in [9.17, 15) is 0 Å². The smallest absolute Gasteiger partial charge is 0.145 e. The average molecular weight is 431 g/mol.